The average molecular weight is 515 g/mol. The van der Waals surface area contributed by atoms with Gasteiger partial charge in [0.1, 0.15) is 0 Å². The second-order valence-corrected chi connectivity index (χ2v) is 9.35. The Kier molecular flexibility index (Phi) is 7.82. The number of nitrogens with zero attached hydrogens (tertiary/aromatic N) is 2. The van der Waals surface area contributed by atoms with Gasteiger partial charge in [-0.25, -0.2) is 4.79 Å². The van der Waals surface area contributed by atoms with Gasteiger partial charge in [-0.3, -0.25) is 0 Å². The minimum absolute atomic E-state index is 0.0400. The van der Waals surface area contributed by atoms with Crippen molar-refractivity contribution in [3.05, 3.63) is 70.8 Å². The molecule has 0 saturated carbocycles. The summed E-state index contributed by atoms with van der Waals surface area (Å²) in [6.07, 6.45) is -6.86. The zero-order valence-corrected chi connectivity index (χ0v) is 19.6. The molecule has 0 spiro atoms. The molecule has 0 N–H and O–H groups in total. The van der Waals surface area contributed by atoms with Crippen LogP contribution in [0.3, 0.4) is 0 Å². The van der Waals surface area contributed by atoms with Crippen LogP contribution in [0.2, 0.25) is 0 Å². The van der Waals surface area contributed by atoms with Gasteiger partial charge in [-0.05, 0) is 55.0 Å². The Morgan fingerprint density at radius 2 is 1.44 bits per heavy atom. The van der Waals surface area contributed by atoms with E-state index in [4.69, 9.17) is 4.74 Å². The van der Waals surface area contributed by atoms with E-state index in [2.05, 4.69) is 0 Å². The predicted molar refractivity (Wildman–Crippen MR) is 121 cm³/mol. The van der Waals surface area contributed by atoms with Crippen molar-refractivity contribution in [2.45, 2.75) is 56.7 Å². The summed E-state index contributed by atoms with van der Waals surface area (Å²) >= 11 is 0. The lowest BCUT2D eigenvalue weighted by molar-refractivity contribution is -0.143. The number of alkyl halides is 6. The molecule has 4 nitrogen and oxygen atoms in total. The smallest absolute Gasteiger partial charge is 0.373 e. The third-order valence-corrected chi connectivity index (χ3v) is 6.79. The summed E-state index contributed by atoms with van der Waals surface area (Å²) in [5, 5.41) is 0. The molecule has 0 aliphatic carbocycles. The molecule has 2 aliphatic rings. The minimum Gasteiger partial charge on any atom is -0.373 e. The molecule has 0 radical (unpaired) electrons. The van der Waals surface area contributed by atoms with Crippen molar-refractivity contribution in [1.82, 2.24) is 9.80 Å². The molecule has 2 aromatic carbocycles. The third kappa shape index (κ3) is 6.32. The van der Waals surface area contributed by atoms with Gasteiger partial charge >= 0.3 is 18.4 Å². The molecule has 36 heavy (non-hydrogen) atoms. The van der Waals surface area contributed by atoms with Gasteiger partial charge in [0.25, 0.3) is 0 Å². The van der Waals surface area contributed by atoms with E-state index >= 15 is 0 Å². The second-order valence-electron chi connectivity index (χ2n) is 9.35. The molecule has 0 unspecified atom stereocenters. The van der Waals surface area contributed by atoms with E-state index in [9.17, 15) is 31.1 Å². The van der Waals surface area contributed by atoms with Gasteiger partial charge in [0.15, 0.2) is 0 Å². The lowest BCUT2D eigenvalue weighted by Gasteiger charge is -2.41. The first-order valence-corrected chi connectivity index (χ1v) is 12.0. The minimum atomic E-state index is -4.91. The number of ether oxygens (including phenoxy) is 1. The van der Waals surface area contributed by atoms with Crippen molar-refractivity contribution in [3.63, 3.8) is 0 Å². The molecule has 2 aromatic rings. The number of amides is 2. The fourth-order valence-electron chi connectivity index (χ4n) is 4.92. The van der Waals surface area contributed by atoms with Crippen LogP contribution in [-0.2, 0) is 23.7 Å². The number of piperidine rings is 2. The van der Waals surface area contributed by atoms with Gasteiger partial charge in [-0.2, -0.15) is 26.3 Å². The number of hydrogen-bond acceptors (Lipinski definition) is 2. The number of hydrogen-bond donors (Lipinski definition) is 0. The number of urea groups is 1. The van der Waals surface area contributed by atoms with Crippen molar-refractivity contribution in [2.24, 2.45) is 0 Å². The molecule has 2 atom stereocenters. The van der Waals surface area contributed by atoms with E-state index < -0.39 is 36.2 Å². The Balaban J connectivity index is 1.52. The normalized spacial score (nSPS) is 21.5. The maximum Gasteiger partial charge on any atom is 0.416 e. The van der Waals surface area contributed by atoms with E-state index in [-0.39, 0.29) is 23.6 Å². The second kappa shape index (κ2) is 10.7. The van der Waals surface area contributed by atoms with Crippen LogP contribution in [0.25, 0.3) is 0 Å². The number of likely N-dealkylation sites (tertiary alicyclic amines) is 2. The Morgan fingerprint density at radius 1 is 0.833 bits per heavy atom. The number of carbonyl (C=O) groups excluding carboxylic acids is 1. The molecular weight excluding hydrogens is 486 g/mol. The van der Waals surface area contributed by atoms with Crippen molar-refractivity contribution in [2.75, 3.05) is 26.2 Å². The van der Waals surface area contributed by atoms with Gasteiger partial charge in [0.05, 0.1) is 23.8 Å². The van der Waals surface area contributed by atoms with Crippen LogP contribution in [0.1, 0.15) is 53.9 Å². The zero-order chi connectivity index (χ0) is 25.9. The van der Waals surface area contributed by atoms with Gasteiger partial charge in [0, 0.05) is 32.1 Å². The van der Waals surface area contributed by atoms with Crippen molar-refractivity contribution >= 4 is 6.03 Å². The van der Waals surface area contributed by atoms with Gasteiger partial charge in [-0.1, -0.05) is 30.3 Å². The van der Waals surface area contributed by atoms with E-state index in [0.717, 1.165) is 24.8 Å². The lowest BCUT2D eigenvalue weighted by Crippen LogP contribution is -2.51. The average Bonchev–Trinajstić information content (AvgIpc) is 2.87. The van der Waals surface area contributed by atoms with Crippen molar-refractivity contribution in [1.29, 1.82) is 0 Å². The van der Waals surface area contributed by atoms with Crippen LogP contribution >= 0.6 is 0 Å². The Labute approximate surface area is 205 Å². The van der Waals surface area contributed by atoms with Crippen LogP contribution in [0.5, 0.6) is 0 Å². The van der Waals surface area contributed by atoms with Crippen molar-refractivity contribution in [3.8, 4) is 0 Å². The number of rotatable bonds is 4. The van der Waals surface area contributed by atoms with Crippen LogP contribution in [-0.4, -0.2) is 48.1 Å². The largest absolute Gasteiger partial charge is 0.416 e. The molecule has 2 saturated heterocycles. The monoisotopic (exact) mass is 514 g/mol. The van der Waals surface area contributed by atoms with E-state index in [1.807, 2.05) is 35.2 Å². The topological polar surface area (TPSA) is 32.8 Å². The summed E-state index contributed by atoms with van der Waals surface area (Å²) in [5.41, 5.74) is -2.02. The number of benzene rings is 2. The molecule has 0 bridgehead atoms. The fourth-order valence-corrected chi connectivity index (χ4v) is 4.92. The quantitative estimate of drug-likeness (QED) is 0.425. The van der Waals surface area contributed by atoms with E-state index in [1.54, 1.807) is 4.90 Å². The van der Waals surface area contributed by atoms with E-state index in [0.29, 0.717) is 44.7 Å². The first kappa shape index (κ1) is 26.3. The fraction of sp³-hybridized carbons (Fsp3) is 0.500. The standard InChI is InChI=1S/C26H28F6N2O2/c27-25(28,29)20-13-18(14-21(15-20)26(30,31)32)17-36-23-9-12-34(24(35)33-10-5-2-6-11-33)16-22(23)19-7-3-1-4-8-19/h1,3-4,7-8,13-15,22-23H,2,5-6,9-12,16-17H2/t22-,23-/m0/s1. The Bertz CT molecular complexity index is 1000. The van der Waals surface area contributed by atoms with Gasteiger partial charge < -0.3 is 14.5 Å². The summed E-state index contributed by atoms with van der Waals surface area (Å²) in [5.74, 6) is -0.262. The summed E-state index contributed by atoms with van der Waals surface area (Å²) < 4.78 is 85.4. The molecule has 4 rings (SSSR count). The number of halogens is 6. The summed E-state index contributed by atoms with van der Waals surface area (Å²) in [7, 11) is 0. The van der Waals surface area contributed by atoms with Crippen LogP contribution in [0.15, 0.2) is 48.5 Å². The van der Waals surface area contributed by atoms with Crippen LogP contribution < -0.4 is 0 Å². The highest BCUT2D eigenvalue weighted by Crippen LogP contribution is 2.37. The first-order valence-electron chi connectivity index (χ1n) is 12.0. The van der Waals surface area contributed by atoms with E-state index in [1.165, 1.54) is 0 Å². The van der Waals surface area contributed by atoms with Crippen molar-refractivity contribution < 1.29 is 35.9 Å². The molecule has 2 heterocycles. The highest BCUT2D eigenvalue weighted by atomic mass is 19.4. The highest BCUT2D eigenvalue weighted by molar-refractivity contribution is 5.74. The predicted octanol–water partition coefficient (Wildman–Crippen LogP) is 6.70. The lowest BCUT2D eigenvalue weighted by atomic mass is 9.88. The maximum absolute atomic E-state index is 13.2. The number of carbonyl (C=O) groups is 1. The molecule has 0 aromatic heterocycles. The maximum atomic E-state index is 13.2. The summed E-state index contributed by atoms with van der Waals surface area (Å²) in [6.45, 7) is 1.78. The Hall–Kier alpha value is -2.75. The molecular formula is C26H28F6N2O2. The van der Waals surface area contributed by atoms with Gasteiger partial charge in [-0.15, -0.1) is 0 Å². The zero-order valence-electron chi connectivity index (χ0n) is 19.6. The Morgan fingerprint density at radius 3 is 2.03 bits per heavy atom. The summed E-state index contributed by atoms with van der Waals surface area (Å²) in [4.78, 5) is 16.7. The molecule has 2 amide bonds. The third-order valence-electron chi connectivity index (χ3n) is 6.79. The molecule has 10 heteroatoms. The molecule has 2 aliphatic heterocycles. The summed E-state index contributed by atoms with van der Waals surface area (Å²) in [6, 6.07) is 10.8. The van der Waals surface area contributed by atoms with Gasteiger partial charge in [0.2, 0.25) is 0 Å². The SMILES string of the molecule is O=C(N1CCCCC1)N1CC[C@H](OCc2cc(C(F)(F)F)cc(C(F)(F)F)c2)[C@H](c2ccccc2)C1. The highest BCUT2D eigenvalue weighted by Gasteiger charge is 2.38. The molecule has 196 valence electrons. The van der Waals surface area contributed by atoms with Crippen LogP contribution in [0.4, 0.5) is 31.1 Å². The van der Waals surface area contributed by atoms with Crippen LogP contribution in [0, 0.1) is 0 Å². The first-order chi connectivity index (χ1) is 17.0. The molecule has 2 fully saturated rings.